The van der Waals surface area contributed by atoms with E-state index in [4.69, 9.17) is 10.5 Å². The molecule has 0 bridgehead atoms. The van der Waals surface area contributed by atoms with Gasteiger partial charge < -0.3 is 10.5 Å². The Labute approximate surface area is 93.8 Å². The summed E-state index contributed by atoms with van der Waals surface area (Å²) in [4.78, 5) is 1.53. The first-order valence-electron chi connectivity index (χ1n) is 5.03. The van der Waals surface area contributed by atoms with Crippen LogP contribution in [-0.2, 0) is 0 Å². The van der Waals surface area contributed by atoms with Crippen molar-refractivity contribution < 1.29 is 13.5 Å². The fraction of sp³-hybridized carbons (Fsp3) is 0.455. The molecule has 3 nitrogen and oxygen atoms in total. The molecule has 0 spiro atoms. The van der Waals surface area contributed by atoms with Crippen molar-refractivity contribution in [3.8, 4) is 5.75 Å². The van der Waals surface area contributed by atoms with Gasteiger partial charge in [-0.15, -0.1) is 0 Å². The first kappa shape index (κ1) is 12.7. The van der Waals surface area contributed by atoms with Crippen molar-refractivity contribution in [2.75, 3.05) is 32.5 Å². The van der Waals surface area contributed by atoms with E-state index in [0.717, 1.165) is 0 Å². The highest BCUT2D eigenvalue weighted by Gasteiger charge is 2.07. The van der Waals surface area contributed by atoms with E-state index in [1.165, 1.54) is 4.90 Å². The summed E-state index contributed by atoms with van der Waals surface area (Å²) >= 11 is 0. The summed E-state index contributed by atoms with van der Waals surface area (Å²) in [5.74, 6) is 0.694. The molecule has 0 atom stereocenters. The molecule has 5 heteroatoms. The predicted octanol–water partition coefficient (Wildman–Crippen LogP) is 1.84. The largest absolute Gasteiger partial charge is 0.492 e. The Bertz CT molecular complexity index is 303. The van der Waals surface area contributed by atoms with Gasteiger partial charge >= 0.3 is 0 Å². The van der Waals surface area contributed by atoms with Gasteiger partial charge in [0.15, 0.2) is 0 Å². The Morgan fingerprint density at radius 2 is 1.94 bits per heavy atom. The van der Waals surface area contributed by atoms with Crippen molar-refractivity contribution in [1.82, 2.24) is 4.90 Å². The van der Waals surface area contributed by atoms with E-state index in [1.807, 2.05) is 0 Å². The van der Waals surface area contributed by atoms with Gasteiger partial charge in [0.1, 0.15) is 12.4 Å². The molecule has 2 N–H and O–H groups in total. The third-order valence-corrected chi connectivity index (χ3v) is 2.07. The second-order valence-corrected chi connectivity index (χ2v) is 3.57. The van der Waals surface area contributed by atoms with E-state index in [2.05, 4.69) is 0 Å². The number of nitrogen functional groups attached to an aromatic ring is 1. The molecule has 0 heterocycles. The van der Waals surface area contributed by atoms with Crippen molar-refractivity contribution in [3.63, 3.8) is 0 Å². The highest BCUT2D eigenvalue weighted by atomic mass is 19.3. The lowest BCUT2D eigenvalue weighted by molar-refractivity contribution is 0.0935. The van der Waals surface area contributed by atoms with Gasteiger partial charge in [0, 0.05) is 12.2 Å². The number of benzene rings is 1. The maximum Gasteiger partial charge on any atom is 0.251 e. The van der Waals surface area contributed by atoms with Crippen LogP contribution in [0.4, 0.5) is 14.5 Å². The third kappa shape index (κ3) is 4.93. The van der Waals surface area contributed by atoms with Crippen molar-refractivity contribution >= 4 is 5.69 Å². The van der Waals surface area contributed by atoms with Crippen LogP contribution in [0.15, 0.2) is 24.3 Å². The smallest absolute Gasteiger partial charge is 0.251 e. The number of nitrogens with two attached hydrogens (primary N) is 1. The van der Waals surface area contributed by atoms with Crippen LogP contribution in [0.3, 0.4) is 0 Å². The second-order valence-electron chi connectivity index (χ2n) is 3.57. The predicted molar refractivity (Wildman–Crippen MR) is 59.9 cm³/mol. The molecular formula is C11H16F2N2O. The lowest BCUT2D eigenvalue weighted by Gasteiger charge is -2.16. The van der Waals surface area contributed by atoms with Gasteiger partial charge in [-0.25, -0.2) is 8.78 Å². The molecule has 1 rings (SSSR count). The number of rotatable bonds is 6. The lowest BCUT2D eigenvalue weighted by atomic mass is 10.3. The average molecular weight is 230 g/mol. The standard InChI is InChI=1S/C11H16F2N2O/c1-15(8-11(12)13)6-7-16-10-4-2-9(14)3-5-10/h2-5,11H,6-8,14H2,1H3. The van der Waals surface area contributed by atoms with E-state index in [-0.39, 0.29) is 6.54 Å². The SMILES string of the molecule is CN(CCOc1ccc(N)cc1)CC(F)F. The van der Waals surface area contributed by atoms with Crippen LogP contribution in [0.2, 0.25) is 0 Å². The minimum atomic E-state index is -2.30. The fourth-order valence-corrected chi connectivity index (χ4v) is 1.21. The number of anilines is 1. The van der Waals surface area contributed by atoms with Crippen molar-refractivity contribution in [2.24, 2.45) is 0 Å². The molecule has 0 saturated heterocycles. The summed E-state index contributed by atoms with van der Waals surface area (Å²) in [5, 5.41) is 0. The number of alkyl halides is 2. The molecule has 0 fully saturated rings. The first-order chi connectivity index (χ1) is 7.58. The van der Waals surface area contributed by atoms with Crippen molar-refractivity contribution in [2.45, 2.75) is 6.43 Å². The van der Waals surface area contributed by atoms with E-state index in [9.17, 15) is 8.78 Å². The van der Waals surface area contributed by atoms with Gasteiger partial charge in [-0.2, -0.15) is 0 Å². The topological polar surface area (TPSA) is 38.5 Å². The molecule has 0 amide bonds. The Hall–Kier alpha value is -1.36. The van der Waals surface area contributed by atoms with Crippen LogP contribution < -0.4 is 10.5 Å². The number of ether oxygens (including phenoxy) is 1. The summed E-state index contributed by atoms with van der Waals surface area (Å²) in [6.45, 7) is 0.618. The highest BCUT2D eigenvalue weighted by Crippen LogP contribution is 2.12. The molecule has 16 heavy (non-hydrogen) atoms. The molecule has 0 aromatic heterocycles. The van der Waals surface area contributed by atoms with Crippen LogP contribution in [0.1, 0.15) is 0 Å². The number of likely N-dealkylation sites (N-methyl/N-ethyl adjacent to an activating group) is 1. The maximum atomic E-state index is 12.0. The molecule has 0 aliphatic carbocycles. The van der Waals surface area contributed by atoms with Crippen LogP contribution in [0.5, 0.6) is 5.75 Å². The van der Waals surface area contributed by atoms with Gasteiger partial charge in [-0.3, -0.25) is 4.90 Å². The molecular weight excluding hydrogens is 214 g/mol. The lowest BCUT2D eigenvalue weighted by Crippen LogP contribution is -2.28. The van der Waals surface area contributed by atoms with Crippen LogP contribution in [0, 0.1) is 0 Å². The zero-order valence-corrected chi connectivity index (χ0v) is 9.20. The number of hydrogen-bond acceptors (Lipinski definition) is 3. The Balaban J connectivity index is 2.22. The monoisotopic (exact) mass is 230 g/mol. The average Bonchev–Trinajstić information content (AvgIpc) is 2.20. The Kier molecular flexibility index (Phi) is 4.98. The molecule has 0 aliphatic heterocycles. The summed E-state index contributed by atoms with van der Waals surface area (Å²) < 4.78 is 29.3. The van der Waals surface area contributed by atoms with E-state index in [1.54, 1.807) is 31.3 Å². The molecule has 90 valence electrons. The fourth-order valence-electron chi connectivity index (χ4n) is 1.21. The van der Waals surface area contributed by atoms with Gasteiger partial charge in [0.2, 0.25) is 0 Å². The van der Waals surface area contributed by atoms with E-state index >= 15 is 0 Å². The van der Waals surface area contributed by atoms with Gasteiger partial charge in [-0.1, -0.05) is 0 Å². The Morgan fingerprint density at radius 3 is 2.50 bits per heavy atom. The Morgan fingerprint density at radius 1 is 1.31 bits per heavy atom. The summed E-state index contributed by atoms with van der Waals surface area (Å²) in [7, 11) is 1.64. The van der Waals surface area contributed by atoms with Crippen LogP contribution >= 0.6 is 0 Å². The number of hydrogen-bond donors (Lipinski definition) is 1. The molecule has 1 aromatic carbocycles. The van der Waals surface area contributed by atoms with Gasteiger partial charge in [-0.05, 0) is 31.3 Å². The third-order valence-electron chi connectivity index (χ3n) is 2.07. The van der Waals surface area contributed by atoms with E-state index < -0.39 is 6.43 Å². The van der Waals surface area contributed by atoms with Crippen molar-refractivity contribution in [1.29, 1.82) is 0 Å². The van der Waals surface area contributed by atoms with E-state index in [0.29, 0.717) is 24.6 Å². The molecule has 0 saturated carbocycles. The minimum absolute atomic E-state index is 0.231. The van der Waals surface area contributed by atoms with Gasteiger partial charge in [0.25, 0.3) is 6.43 Å². The summed E-state index contributed by atoms with van der Waals surface area (Å²) in [6, 6.07) is 6.97. The normalized spacial score (nSPS) is 11.1. The molecule has 0 unspecified atom stereocenters. The minimum Gasteiger partial charge on any atom is -0.492 e. The van der Waals surface area contributed by atoms with Crippen LogP contribution in [-0.4, -0.2) is 38.1 Å². The summed E-state index contributed by atoms with van der Waals surface area (Å²) in [5.41, 5.74) is 6.18. The maximum absolute atomic E-state index is 12.0. The van der Waals surface area contributed by atoms with Crippen LogP contribution in [0.25, 0.3) is 0 Å². The number of halogens is 2. The van der Waals surface area contributed by atoms with Gasteiger partial charge in [0.05, 0.1) is 6.54 Å². The summed E-state index contributed by atoms with van der Waals surface area (Å²) in [6.07, 6.45) is -2.30. The highest BCUT2D eigenvalue weighted by molar-refractivity contribution is 5.41. The molecule has 0 radical (unpaired) electrons. The first-order valence-corrected chi connectivity index (χ1v) is 5.03. The zero-order chi connectivity index (χ0) is 12.0. The molecule has 1 aromatic rings. The number of nitrogens with zero attached hydrogens (tertiary/aromatic N) is 1. The zero-order valence-electron chi connectivity index (χ0n) is 9.20. The van der Waals surface area contributed by atoms with Crippen molar-refractivity contribution in [3.05, 3.63) is 24.3 Å². The molecule has 0 aliphatic rings. The second kappa shape index (κ2) is 6.27. The quantitative estimate of drug-likeness (QED) is 0.758.